The van der Waals surface area contributed by atoms with Gasteiger partial charge in [-0.2, -0.15) is 0 Å². The van der Waals surface area contributed by atoms with Crippen molar-refractivity contribution in [2.75, 3.05) is 18.4 Å². The molecular formula is C21H26N4O. The molecule has 1 aromatic heterocycles. The molecule has 26 heavy (non-hydrogen) atoms. The molecule has 0 saturated carbocycles. The van der Waals surface area contributed by atoms with Crippen LogP contribution in [-0.4, -0.2) is 41.1 Å². The molecular weight excluding hydrogens is 324 g/mol. The summed E-state index contributed by atoms with van der Waals surface area (Å²) in [4.78, 5) is 19.4. The number of carbonyl (C=O) groups excluding carboxylic acids is 1. The van der Waals surface area contributed by atoms with Crippen LogP contribution >= 0.6 is 0 Å². The number of amides is 2. The first-order chi connectivity index (χ1) is 12.7. The third-order valence-electron chi connectivity index (χ3n) is 5.74. The molecule has 0 radical (unpaired) electrons. The summed E-state index contributed by atoms with van der Waals surface area (Å²) < 4.78 is 0. The minimum atomic E-state index is -0.108. The Bertz CT molecular complexity index is 738. The fraction of sp³-hybridized carbons (Fsp3) is 0.429. The van der Waals surface area contributed by atoms with E-state index in [4.69, 9.17) is 0 Å². The van der Waals surface area contributed by atoms with Gasteiger partial charge in [-0.3, -0.25) is 9.88 Å². The fourth-order valence-corrected chi connectivity index (χ4v) is 4.34. The molecule has 3 saturated heterocycles. The lowest BCUT2D eigenvalue weighted by Gasteiger charge is -2.51. The van der Waals surface area contributed by atoms with Crippen LogP contribution in [0.15, 0.2) is 48.8 Å². The monoisotopic (exact) mass is 350 g/mol. The number of pyridine rings is 1. The Labute approximate surface area is 154 Å². The Morgan fingerprint density at radius 2 is 1.96 bits per heavy atom. The molecule has 2 unspecified atom stereocenters. The van der Waals surface area contributed by atoms with Crippen molar-refractivity contribution in [2.45, 2.75) is 38.3 Å². The molecule has 1 aromatic carbocycles. The van der Waals surface area contributed by atoms with Crippen molar-refractivity contribution in [1.29, 1.82) is 0 Å². The zero-order valence-electron chi connectivity index (χ0n) is 15.2. The maximum atomic E-state index is 12.6. The van der Waals surface area contributed by atoms with E-state index < -0.39 is 0 Å². The van der Waals surface area contributed by atoms with E-state index in [9.17, 15) is 4.79 Å². The number of rotatable bonds is 4. The Hall–Kier alpha value is -2.40. The second kappa shape index (κ2) is 7.46. The molecule has 136 valence electrons. The Balaban J connectivity index is 1.45. The summed E-state index contributed by atoms with van der Waals surface area (Å²) in [6.07, 6.45) is 7.01. The first kappa shape index (κ1) is 17.0. The van der Waals surface area contributed by atoms with E-state index in [1.807, 2.05) is 49.6 Å². The van der Waals surface area contributed by atoms with Crippen LogP contribution in [0.5, 0.6) is 0 Å². The fourth-order valence-electron chi connectivity index (χ4n) is 4.34. The molecule has 0 spiro atoms. The summed E-state index contributed by atoms with van der Waals surface area (Å²) in [5.74, 6) is 0.561. The molecule has 2 bridgehead atoms. The highest BCUT2D eigenvalue weighted by atomic mass is 16.2. The molecule has 3 aliphatic rings. The van der Waals surface area contributed by atoms with Crippen LogP contribution in [0.2, 0.25) is 0 Å². The summed E-state index contributed by atoms with van der Waals surface area (Å²) >= 11 is 0. The van der Waals surface area contributed by atoms with E-state index in [1.54, 1.807) is 0 Å². The number of benzene rings is 1. The molecule has 2 amide bonds. The Morgan fingerprint density at radius 1 is 1.19 bits per heavy atom. The number of piperidine rings is 3. The number of hydrogen-bond acceptors (Lipinski definition) is 3. The molecule has 4 heterocycles. The lowest BCUT2D eigenvalue weighted by atomic mass is 9.77. The van der Waals surface area contributed by atoms with Crippen LogP contribution in [0.1, 0.15) is 24.0 Å². The molecule has 3 aliphatic heterocycles. The van der Waals surface area contributed by atoms with Crippen molar-refractivity contribution in [3.05, 3.63) is 59.9 Å². The van der Waals surface area contributed by atoms with Gasteiger partial charge in [-0.25, -0.2) is 4.79 Å². The summed E-state index contributed by atoms with van der Waals surface area (Å²) in [5, 5.41) is 6.25. The first-order valence-corrected chi connectivity index (χ1v) is 9.46. The normalized spacial score (nSPS) is 27.1. The summed E-state index contributed by atoms with van der Waals surface area (Å²) in [5.41, 5.74) is 3.25. The van der Waals surface area contributed by atoms with E-state index in [0.717, 1.165) is 25.2 Å². The molecule has 2 aromatic rings. The SMILES string of the molecule is Cc1ccc(NC(=O)NC2C3CCN(CC3)C2Cc2cccnc2)cc1. The van der Waals surface area contributed by atoms with E-state index in [0.29, 0.717) is 12.0 Å². The van der Waals surface area contributed by atoms with Gasteiger partial charge in [0.05, 0.1) is 0 Å². The average molecular weight is 350 g/mol. The Kier molecular flexibility index (Phi) is 4.89. The highest BCUT2D eigenvalue weighted by Gasteiger charge is 2.42. The maximum absolute atomic E-state index is 12.6. The molecule has 2 N–H and O–H groups in total. The van der Waals surface area contributed by atoms with Crippen LogP contribution in [-0.2, 0) is 6.42 Å². The highest BCUT2D eigenvalue weighted by Crippen LogP contribution is 2.34. The van der Waals surface area contributed by atoms with Gasteiger partial charge in [0.2, 0.25) is 0 Å². The first-order valence-electron chi connectivity index (χ1n) is 9.46. The van der Waals surface area contributed by atoms with Gasteiger partial charge in [-0.15, -0.1) is 0 Å². The van der Waals surface area contributed by atoms with Crippen molar-refractivity contribution in [3.63, 3.8) is 0 Å². The van der Waals surface area contributed by atoms with Gasteiger partial charge in [0.1, 0.15) is 0 Å². The second-order valence-corrected chi connectivity index (χ2v) is 7.50. The van der Waals surface area contributed by atoms with Gasteiger partial charge < -0.3 is 10.6 Å². The zero-order valence-corrected chi connectivity index (χ0v) is 15.2. The largest absolute Gasteiger partial charge is 0.333 e. The van der Waals surface area contributed by atoms with Crippen LogP contribution in [0, 0.1) is 12.8 Å². The lowest BCUT2D eigenvalue weighted by molar-refractivity contribution is 0.0184. The van der Waals surface area contributed by atoms with E-state index in [-0.39, 0.29) is 12.1 Å². The van der Waals surface area contributed by atoms with Gasteiger partial charge in [-0.05, 0) is 69.0 Å². The van der Waals surface area contributed by atoms with Crippen LogP contribution in [0.3, 0.4) is 0 Å². The third-order valence-corrected chi connectivity index (χ3v) is 5.74. The minimum absolute atomic E-state index is 0.108. The maximum Gasteiger partial charge on any atom is 0.319 e. The van der Waals surface area contributed by atoms with E-state index >= 15 is 0 Å². The lowest BCUT2D eigenvalue weighted by Crippen LogP contribution is -2.64. The number of anilines is 1. The predicted octanol–water partition coefficient (Wildman–Crippen LogP) is 3.22. The highest BCUT2D eigenvalue weighted by molar-refractivity contribution is 5.89. The summed E-state index contributed by atoms with van der Waals surface area (Å²) in [6, 6.07) is 12.4. The quantitative estimate of drug-likeness (QED) is 0.890. The smallest absolute Gasteiger partial charge is 0.319 e. The minimum Gasteiger partial charge on any atom is -0.333 e. The number of aryl methyl sites for hydroxylation is 1. The van der Waals surface area contributed by atoms with E-state index in [2.05, 4.69) is 26.6 Å². The molecule has 0 aliphatic carbocycles. The van der Waals surface area contributed by atoms with Crippen molar-refractivity contribution in [2.24, 2.45) is 5.92 Å². The summed E-state index contributed by atoms with van der Waals surface area (Å²) in [6.45, 7) is 4.31. The molecule has 2 atom stereocenters. The third kappa shape index (κ3) is 3.73. The number of carbonyl (C=O) groups is 1. The molecule has 5 heteroatoms. The van der Waals surface area contributed by atoms with Crippen molar-refractivity contribution in [3.8, 4) is 0 Å². The van der Waals surface area contributed by atoms with Crippen molar-refractivity contribution in [1.82, 2.24) is 15.2 Å². The topological polar surface area (TPSA) is 57.3 Å². The van der Waals surface area contributed by atoms with Gasteiger partial charge >= 0.3 is 6.03 Å². The second-order valence-electron chi connectivity index (χ2n) is 7.50. The molecule has 5 nitrogen and oxygen atoms in total. The number of fused-ring (bicyclic) bond motifs is 3. The van der Waals surface area contributed by atoms with Crippen molar-refractivity contribution < 1.29 is 4.79 Å². The number of aromatic nitrogens is 1. The van der Waals surface area contributed by atoms with Crippen LogP contribution < -0.4 is 10.6 Å². The summed E-state index contributed by atoms with van der Waals surface area (Å²) in [7, 11) is 0. The number of nitrogens with zero attached hydrogens (tertiary/aromatic N) is 2. The van der Waals surface area contributed by atoms with E-state index in [1.165, 1.54) is 24.0 Å². The molecule has 5 rings (SSSR count). The van der Waals surface area contributed by atoms with Gasteiger partial charge in [0.25, 0.3) is 0 Å². The van der Waals surface area contributed by atoms with Crippen LogP contribution in [0.25, 0.3) is 0 Å². The van der Waals surface area contributed by atoms with Crippen molar-refractivity contribution >= 4 is 11.7 Å². The van der Waals surface area contributed by atoms with Gasteiger partial charge in [-0.1, -0.05) is 23.8 Å². The number of hydrogen-bond donors (Lipinski definition) is 2. The average Bonchev–Trinajstić information content (AvgIpc) is 2.67. The standard InChI is InChI=1S/C21H26N4O/c1-15-4-6-18(7-5-15)23-21(26)24-20-17-8-11-25(12-9-17)19(20)13-16-3-2-10-22-14-16/h2-7,10,14,17,19-20H,8-9,11-13H2,1H3,(H2,23,24,26). The predicted molar refractivity (Wildman–Crippen MR) is 103 cm³/mol. The Morgan fingerprint density at radius 3 is 2.65 bits per heavy atom. The number of urea groups is 1. The van der Waals surface area contributed by atoms with Gasteiger partial charge in [0, 0.05) is 30.2 Å². The number of nitrogens with one attached hydrogen (secondary N) is 2. The molecule has 3 fully saturated rings. The van der Waals surface area contributed by atoms with Gasteiger partial charge in [0.15, 0.2) is 0 Å². The van der Waals surface area contributed by atoms with Crippen LogP contribution in [0.4, 0.5) is 10.5 Å². The zero-order chi connectivity index (χ0) is 17.9.